The highest BCUT2D eigenvalue weighted by molar-refractivity contribution is 9.10. The van der Waals surface area contributed by atoms with Gasteiger partial charge in [-0.2, -0.15) is 0 Å². The molecule has 1 fully saturated rings. The average Bonchev–Trinajstić information content (AvgIpc) is 2.70. The van der Waals surface area contributed by atoms with Crippen LogP contribution in [0, 0.1) is 5.92 Å². The molecule has 0 amide bonds. The van der Waals surface area contributed by atoms with Gasteiger partial charge < -0.3 is 5.73 Å². The molecule has 76 valence electrons. The summed E-state index contributed by atoms with van der Waals surface area (Å²) in [6.07, 6.45) is 5.29. The van der Waals surface area contributed by atoms with Crippen molar-refractivity contribution < 1.29 is 0 Å². The van der Waals surface area contributed by atoms with Crippen molar-refractivity contribution in [1.82, 2.24) is 0 Å². The third-order valence-corrected chi connectivity index (χ3v) is 3.89. The summed E-state index contributed by atoms with van der Waals surface area (Å²) in [5.41, 5.74) is 7.53. The van der Waals surface area contributed by atoms with Crippen molar-refractivity contribution in [2.45, 2.75) is 31.7 Å². The van der Waals surface area contributed by atoms with Gasteiger partial charge in [-0.25, -0.2) is 0 Å². The van der Waals surface area contributed by atoms with Crippen LogP contribution in [0.25, 0.3) is 0 Å². The Morgan fingerprint density at radius 2 is 1.86 bits per heavy atom. The molecule has 0 unspecified atom stereocenters. The van der Waals surface area contributed by atoms with E-state index in [-0.39, 0.29) is 6.04 Å². The Kier molecular flexibility index (Phi) is 3.24. The molecule has 14 heavy (non-hydrogen) atoms. The van der Waals surface area contributed by atoms with Crippen LogP contribution in [0.15, 0.2) is 28.7 Å². The van der Waals surface area contributed by atoms with E-state index >= 15 is 0 Å². The van der Waals surface area contributed by atoms with Crippen LogP contribution < -0.4 is 5.73 Å². The Morgan fingerprint density at radius 3 is 2.50 bits per heavy atom. The zero-order valence-corrected chi connectivity index (χ0v) is 9.83. The lowest BCUT2D eigenvalue weighted by Crippen LogP contribution is -2.19. The average molecular weight is 254 g/mol. The van der Waals surface area contributed by atoms with Crippen LogP contribution in [0.5, 0.6) is 0 Å². The molecule has 0 spiro atoms. The van der Waals surface area contributed by atoms with E-state index in [0.717, 1.165) is 4.47 Å². The standard InChI is InChI=1S/C12H16BrN/c13-11-8-4-3-7-10(11)12(14)9-5-1-2-6-9/h3-4,7-9,12H,1-2,5-6,14H2/t12-/m0/s1. The van der Waals surface area contributed by atoms with E-state index in [9.17, 15) is 0 Å². The number of benzene rings is 1. The Hall–Kier alpha value is -0.340. The molecular formula is C12H16BrN. The predicted molar refractivity (Wildman–Crippen MR) is 63.0 cm³/mol. The van der Waals surface area contributed by atoms with E-state index < -0.39 is 0 Å². The SMILES string of the molecule is N[C@H](c1ccccc1Br)C1CCCC1. The Labute approximate surface area is 93.8 Å². The Morgan fingerprint density at radius 1 is 1.21 bits per heavy atom. The second-order valence-electron chi connectivity index (χ2n) is 4.09. The molecule has 2 heteroatoms. The summed E-state index contributed by atoms with van der Waals surface area (Å²) < 4.78 is 1.15. The lowest BCUT2D eigenvalue weighted by molar-refractivity contribution is 0.444. The highest BCUT2D eigenvalue weighted by Gasteiger charge is 2.24. The predicted octanol–water partition coefficient (Wildman–Crippen LogP) is 3.64. The fourth-order valence-corrected chi connectivity index (χ4v) is 2.86. The molecule has 1 aliphatic rings. The van der Waals surface area contributed by atoms with Gasteiger partial charge in [-0.05, 0) is 30.4 Å². The second-order valence-corrected chi connectivity index (χ2v) is 4.95. The quantitative estimate of drug-likeness (QED) is 0.856. The summed E-state index contributed by atoms with van der Waals surface area (Å²) >= 11 is 3.56. The van der Waals surface area contributed by atoms with E-state index in [1.54, 1.807) is 0 Å². The van der Waals surface area contributed by atoms with E-state index in [1.807, 2.05) is 6.07 Å². The Bertz CT molecular complexity index is 305. The smallest absolute Gasteiger partial charge is 0.0334 e. The van der Waals surface area contributed by atoms with Crippen LogP contribution >= 0.6 is 15.9 Å². The molecule has 1 aromatic carbocycles. The number of hydrogen-bond donors (Lipinski definition) is 1. The molecule has 0 bridgehead atoms. The van der Waals surface area contributed by atoms with E-state index in [1.165, 1.54) is 31.2 Å². The van der Waals surface area contributed by atoms with Crippen LogP contribution in [0.3, 0.4) is 0 Å². The van der Waals surface area contributed by atoms with E-state index in [2.05, 4.69) is 34.1 Å². The molecule has 0 saturated heterocycles. The lowest BCUT2D eigenvalue weighted by Gasteiger charge is -2.20. The van der Waals surface area contributed by atoms with Crippen molar-refractivity contribution in [2.24, 2.45) is 11.7 Å². The molecule has 2 rings (SSSR count). The molecule has 0 aliphatic heterocycles. The molecule has 1 saturated carbocycles. The molecule has 1 aliphatic carbocycles. The van der Waals surface area contributed by atoms with Gasteiger partial charge in [0.1, 0.15) is 0 Å². The van der Waals surface area contributed by atoms with Gasteiger partial charge in [0.05, 0.1) is 0 Å². The number of hydrogen-bond acceptors (Lipinski definition) is 1. The molecule has 2 N–H and O–H groups in total. The van der Waals surface area contributed by atoms with Crippen molar-refractivity contribution in [3.8, 4) is 0 Å². The van der Waals surface area contributed by atoms with Crippen LogP contribution in [0.2, 0.25) is 0 Å². The maximum Gasteiger partial charge on any atom is 0.0334 e. The molecule has 0 aromatic heterocycles. The van der Waals surface area contributed by atoms with Crippen molar-refractivity contribution in [2.75, 3.05) is 0 Å². The fourth-order valence-electron chi connectivity index (χ4n) is 2.32. The van der Waals surface area contributed by atoms with E-state index in [0.29, 0.717) is 5.92 Å². The first-order valence-electron chi connectivity index (χ1n) is 5.29. The Balaban J connectivity index is 2.17. The molecular weight excluding hydrogens is 238 g/mol. The molecule has 1 aromatic rings. The maximum absolute atomic E-state index is 6.27. The van der Waals surface area contributed by atoms with Crippen molar-refractivity contribution in [1.29, 1.82) is 0 Å². The fraction of sp³-hybridized carbons (Fsp3) is 0.500. The summed E-state index contributed by atoms with van der Waals surface area (Å²) in [5.74, 6) is 0.689. The minimum absolute atomic E-state index is 0.216. The first kappa shape index (κ1) is 10.2. The summed E-state index contributed by atoms with van der Waals surface area (Å²) in [4.78, 5) is 0. The summed E-state index contributed by atoms with van der Waals surface area (Å²) in [6, 6.07) is 8.52. The van der Waals surface area contributed by atoms with Gasteiger partial charge in [0.25, 0.3) is 0 Å². The van der Waals surface area contributed by atoms with Gasteiger partial charge in [0.2, 0.25) is 0 Å². The third-order valence-electron chi connectivity index (χ3n) is 3.17. The van der Waals surface area contributed by atoms with Gasteiger partial charge in [-0.1, -0.05) is 47.0 Å². The van der Waals surface area contributed by atoms with Gasteiger partial charge >= 0.3 is 0 Å². The minimum Gasteiger partial charge on any atom is -0.324 e. The maximum atomic E-state index is 6.27. The minimum atomic E-state index is 0.216. The molecule has 1 atom stereocenters. The van der Waals surface area contributed by atoms with Crippen molar-refractivity contribution in [3.05, 3.63) is 34.3 Å². The normalized spacial score (nSPS) is 19.9. The monoisotopic (exact) mass is 253 g/mol. The van der Waals surface area contributed by atoms with Crippen molar-refractivity contribution in [3.63, 3.8) is 0 Å². The zero-order chi connectivity index (χ0) is 9.97. The van der Waals surface area contributed by atoms with Crippen LogP contribution in [-0.4, -0.2) is 0 Å². The summed E-state index contributed by atoms with van der Waals surface area (Å²) in [5, 5.41) is 0. The zero-order valence-electron chi connectivity index (χ0n) is 8.25. The van der Waals surface area contributed by atoms with Crippen LogP contribution in [0.1, 0.15) is 37.3 Å². The first-order valence-corrected chi connectivity index (χ1v) is 6.08. The van der Waals surface area contributed by atoms with Crippen LogP contribution in [0.4, 0.5) is 0 Å². The highest BCUT2D eigenvalue weighted by Crippen LogP contribution is 2.36. The number of nitrogens with two attached hydrogens (primary N) is 1. The molecule has 0 radical (unpaired) electrons. The largest absolute Gasteiger partial charge is 0.324 e. The topological polar surface area (TPSA) is 26.0 Å². The van der Waals surface area contributed by atoms with Crippen molar-refractivity contribution >= 4 is 15.9 Å². The third kappa shape index (κ3) is 2.01. The second kappa shape index (κ2) is 4.45. The number of halogens is 1. The van der Waals surface area contributed by atoms with E-state index in [4.69, 9.17) is 5.73 Å². The lowest BCUT2D eigenvalue weighted by atomic mass is 9.93. The summed E-state index contributed by atoms with van der Waals surface area (Å²) in [7, 11) is 0. The summed E-state index contributed by atoms with van der Waals surface area (Å²) in [6.45, 7) is 0. The van der Waals surface area contributed by atoms with Gasteiger partial charge in [0.15, 0.2) is 0 Å². The highest BCUT2D eigenvalue weighted by atomic mass is 79.9. The van der Waals surface area contributed by atoms with Crippen LogP contribution in [-0.2, 0) is 0 Å². The molecule has 0 heterocycles. The van der Waals surface area contributed by atoms with Gasteiger partial charge in [-0.15, -0.1) is 0 Å². The first-order chi connectivity index (χ1) is 6.79. The van der Waals surface area contributed by atoms with Gasteiger partial charge in [0, 0.05) is 10.5 Å². The van der Waals surface area contributed by atoms with Gasteiger partial charge in [-0.3, -0.25) is 0 Å². The molecule has 1 nitrogen and oxygen atoms in total. The number of rotatable bonds is 2.